The quantitative estimate of drug-likeness (QED) is 0.726. The van der Waals surface area contributed by atoms with Crippen LogP contribution in [0.15, 0.2) is 40.9 Å². The molecule has 0 heterocycles. The van der Waals surface area contributed by atoms with Crippen molar-refractivity contribution in [2.45, 2.75) is 19.1 Å². The first-order valence-corrected chi connectivity index (χ1v) is 8.36. The van der Waals surface area contributed by atoms with E-state index < -0.39 is 23.7 Å². The highest BCUT2D eigenvalue weighted by molar-refractivity contribution is 9.10. The molecule has 0 bridgehead atoms. The molecule has 0 fully saturated rings. The summed E-state index contributed by atoms with van der Waals surface area (Å²) in [7, 11) is 2.93. The largest absolute Gasteiger partial charge is 0.495 e. The van der Waals surface area contributed by atoms with Crippen molar-refractivity contribution in [3.05, 3.63) is 57.6 Å². The van der Waals surface area contributed by atoms with Crippen LogP contribution in [0.1, 0.15) is 34.5 Å². The van der Waals surface area contributed by atoms with Gasteiger partial charge in [-0.05, 0) is 52.7 Å². The maximum absolute atomic E-state index is 12.6. The minimum atomic E-state index is -4.39. The van der Waals surface area contributed by atoms with Crippen LogP contribution < -0.4 is 14.8 Å². The first kappa shape index (κ1) is 20.1. The Labute approximate surface area is 157 Å². The first-order valence-electron chi connectivity index (χ1n) is 7.57. The second kappa shape index (κ2) is 7.99. The third-order valence-electron chi connectivity index (χ3n) is 3.79. The molecule has 4 nitrogen and oxygen atoms in total. The fourth-order valence-electron chi connectivity index (χ4n) is 2.32. The van der Waals surface area contributed by atoms with Gasteiger partial charge in [0.15, 0.2) is 0 Å². The van der Waals surface area contributed by atoms with Crippen molar-refractivity contribution in [1.29, 1.82) is 0 Å². The normalized spacial score (nSPS) is 12.4. The van der Waals surface area contributed by atoms with Gasteiger partial charge in [-0.2, -0.15) is 13.2 Å². The summed E-state index contributed by atoms with van der Waals surface area (Å²) < 4.78 is 48.9. The average molecular weight is 432 g/mol. The van der Waals surface area contributed by atoms with Crippen molar-refractivity contribution < 1.29 is 27.4 Å². The molecule has 0 saturated heterocycles. The number of alkyl halides is 3. The van der Waals surface area contributed by atoms with Gasteiger partial charge in [-0.15, -0.1) is 0 Å². The number of amides is 1. The van der Waals surface area contributed by atoms with Crippen molar-refractivity contribution in [2.24, 2.45) is 0 Å². The maximum Gasteiger partial charge on any atom is 0.416 e. The summed E-state index contributed by atoms with van der Waals surface area (Å²) in [5.74, 6) is 0.454. The van der Waals surface area contributed by atoms with Crippen LogP contribution >= 0.6 is 15.9 Å². The lowest BCUT2D eigenvalue weighted by Gasteiger charge is -2.17. The van der Waals surface area contributed by atoms with Crippen LogP contribution in [0.3, 0.4) is 0 Å². The zero-order valence-corrected chi connectivity index (χ0v) is 15.9. The molecule has 0 aliphatic carbocycles. The maximum atomic E-state index is 12.6. The topological polar surface area (TPSA) is 47.6 Å². The first-order chi connectivity index (χ1) is 12.2. The summed E-state index contributed by atoms with van der Waals surface area (Å²) in [6, 6.07) is 7.27. The summed E-state index contributed by atoms with van der Waals surface area (Å²) in [5.41, 5.74) is 0.130. The number of methoxy groups -OCH3 is 2. The van der Waals surface area contributed by atoms with E-state index in [9.17, 15) is 18.0 Å². The predicted molar refractivity (Wildman–Crippen MR) is 94.6 cm³/mol. The zero-order valence-electron chi connectivity index (χ0n) is 14.3. The van der Waals surface area contributed by atoms with Gasteiger partial charge >= 0.3 is 6.18 Å². The molecule has 1 unspecified atom stereocenters. The van der Waals surface area contributed by atoms with Gasteiger partial charge in [0.25, 0.3) is 5.91 Å². The predicted octanol–water partition coefficient (Wildman–Crippen LogP) is 4.98. The average Bonchev–Trinajstić information content (AvgIpc) is 2.61. The lowest BCUT2D eigenvalue weighted by Crippen LogP contribution is -2.26. The van der Waals surface area contributed by atoms with E-state index in [1.54, 1.807) is 19.1 Å². The summed E-state index contributed by atoms with van der Waals surface area (Å²) in [6.45, 7) is 1.69. The van der Waals surface area contributed by atoms with Crippen molar-refractivity contribution in [2.75, 3.05) is 14.2 Å². The molecule has 0 aliphatic heterocycles. The number of benzene rings is 2. The summed E-state index contributed by atoms with van der Waals surface area (Å²) >= 11 is 3.32. The minimum absolute atomic E-state index is 0.306. The Morgan fingerprint density at radius 1 is 1.08 bits per heavy atom. The third kappa shape index (κ3) is 4.49. The molecule has 1 N–H and O–H groups in total. The Morgan fingerprint density at radius 3 is 2.00 bits per heavy atom. The minimum Gasteiger partial charge on any atom is -0.495 e. The number of hydrogen-bond donors (Lipinski definition) is 1. The van der Waals surface area contributed by atoms with Crippen molar-refractivity contribution >= 4 is 21.8 Å². The number of rotatable bonds is 5. The number of ether oxygens (including phenoxy) is 2. The van der Waals surface area contributed by atoms with Crippen LogP contribution in [-0.4, -0.2) is 20.1 Å². The summed E-state index contributed by atoms with van der Waals surface area (Å²) in [4.78, 5) is 12.5. The fourth-order valence-corrected chi connectivity index (χ4v) is 2.88. The standard InChI is InChI=1S/C18H17BrF3NO3/c1-10(11-4-6-13(7-5-11)18(20,21)22)23-17(24)12-8-14(25-2)16(19)15(9-12)26-3/h4-10H,1-3H3,(H,23,24). The van der Waals surface area contributed by atoms with E-state index in [0.717, 1.165) is 12.1 Å². The molecule has 26 heavy (non-hydrogen) atoms. The van der Waals surface area contributed by atoms with Crippen LogP contribution in [0, 0.1) is 0 Å². The second-order valence-electron chi connectivity index (χ2n) is 5.51. The molecule has 1 atom stereocenters. The number of carbonyl (C=O) groups is 1. The fraction of sp³-hybridized carbons (Fsp3) is 0.278. The Morgan fingerprint density at radius 2 is 1.58 bits per heavy atom. The lowest BCUT2D eigenvalue weighted by atomic mass is 10.1. The van der Waals surface area contributed by atoms with E-state index in [4.69, 9.17) is 9.47 Å². The smallest absolute Gasteiger partial charge is 0.416 e. The highest BCUT2D eigenvalue weighted by Crippen LogP contribution is 2.36. The van der Waals surface area contributed by atoms with Gasteiger partial charge in [0.1, 0.15) is 16.0 Å². The van der Waals surface area contributed by atoms with Crippen LogP contribution in [0.25, 0.3) is 0 Å². The second-order valence-corrected chi connectivity index (χ2v) is 6.30. The molecular formula is C18H17BrF3NO3. The van der Waals surface area contributed by atoms with Gasteiger partial charge in [-0.3, -0.25) is 4.79 Å². The van der Waals surface area contributed by atoms with E-state index in [-0.39, 0.29) is 0 Å². The van der Waals surface area contributed by atoms with E-state index in [1.165, 1.54) is 26.4 Å². The third-order valence-corrected chi connectivity index (χ3v) is 4.58. The number of nitrogens with one attached hydrogen (secondary N) is 1. The van der Waals surface area contributed by atoms with Gasteiger partial charge < -0.3 is 14.8 Å². The Kier molecular flexibility index (Phi) is 6.17. The van der Waals surface area contributed by atoms with Gasteiger partial charge in [-0.1, -0.05) is 12.1 Å². The Hall–Kier alpha value is -2.22. The van der Waals surface area contributed by atoms with Crippen LogP contribution in [0.4, 0.5) is 13.2 Å². The van der Waals surface area contributed by atoms with Gasteiger partial charge in [0.05, 0.1) is 25.8 Å². The van der Waals surface area contributed by atoms with Crippen LogP contribution in [0.2, 0.25) is 0 Å². The van der Waals surface area contributed by atoms with E-state index >= 15 is 0 Å². The molecule has 2 aromatic carbocycles. The van der Waals surface area contributed by atoms with E-state index in [1.807, 2.05) is 0 Å². The van der Waals surface area contributed by atoms with Crippen molar-refractivity contribution in [3.63, 3.8) is 0 Å². The molecule has 0 radical (unpaired) electrons. The lowest BCUT2D eigenvalue weighted by molar-refractivity contribution is -0.137. The molecule has 0 aromatic heterocycles. The molecule has 140 valence electrons. The molecule has 8 heteroatoms. The number of carbonyl (C=O) groups excluding carboxylic acids is 1. The van der Waals surface area contributed by atoms with Crippen LogP contribution in [0.5, 0.6) is 11.5 Å². The van der Waals surface area contributed by atoms with E-state index in [0.29, 0.717) is 27.1 Å². The number of hydrogen-bond acceptors (Lipinski definition) is 3. The molecular weight excluding hydrogens is 415 g/mol. The molecule has 2 rings (SSSR count). The van der Waals surface area contributed by atoms with Crippen LogP contribution in [-0.2, 0) is 6.18 Å². The van der Waals surface area contributed by atoms with Crippen molar-refractivity contribution in [1.82, 2.24) is 5.32 Å². The molecule has 0 saturated carbocycles. The van der Waals surface area contributed by atoms with Gasteiger partial charge in [0, 0.05) is 5.56 Å². The van der Waals surface area contributed by atoms with Crippen molar-refractivity contribution in [3.8, 4) is 11.5 Å². The summed E-state index contributed by atoms with van der Waals surface area (Å²) in [6.07, 6.45) is -4.39. The highest BCUT2D eigenvalue weighted by atomic mass is 79.9. The molecule has 1 amide bonds. The van der Waals surface area contributed by atoms with Gasteiger partial charge in [-0.25, -0.2) is 0 Å². The van der Waals surface area contributed by atoms with E-state index in [2.05, 4.69) is 21.2 Å². The summed E-state index contributed by atoms with van der Waals surface area (Å²) in [5, 5.41) is 2.75. The SMILES string of the molecule is COc1cc(C(=O)NC(C)c2ccc(C(F)(F)F)cc2)cc(OC)c1Br. The zero-order chi connectivity index (χ0) is 19.5. The Balaban J connectivity index is 2.19. The Bertz CT molecular complexity index is 766. The molecule has 0 aliphatic rings. The molecule has 2 aromatic rings. The molecule has 0 spiro atoms. The number of halogens is 4. The monoisotopic (exact) mass is 431 g/mol. The van der Waals surface area contributed by atoms with Gasteiger partial charge in [0.2, 0.25) is 0 Å². The highest BCUT2D eigenvalue weighted by Gasteiger charge is 2.30.